The number of aliphatic hydroxyl groups is 1. The molecule has 1 aromatic rings. The predicted molar refractivity (Wildman–Crippen MR) is 67.2 cm³/mol. The van der Waals surface area contributed by atoms with Crippen molar-refractivity contribution in [2.24, 2.45) is 0 Å². The maximum Gasteiger partial charge on any atom is 0.0899 e. The van der Waals surface area contributed by atoms with Gasteiger partial charge in [-0.1, -0.05) is 17.7 Å². The van der Waals surface area contributed by atoms with Crippen molar-refractivity contribution in [2.75, 3.05) is 0 Å². The second-order valence-electron chi connectivity index (χ2n) is 2.82. The summed E-state index contributed by atoms with van der Waals surface area (Å²) in [5.41, 5.74) is 0.818. The molecule has 0 aromatic heterocycles. The van der Waals surface area contributed by atoms with Crippen LogP contribution >= 0.6 is 34.2 Å². The number of hydrogen-bond acceptors (Lipinski definition) is 1. The van der Waals surface area contributed by atoms with Crippen LogP contribution in [-0.2, 0) is 0 Å². The minimum atomic E-state index is -0.544. The molecule has 1 N–H and O–H groups in total. The van der Waals surface area contributed by atoms with Gasteiger partial charge >= 0.3 is 0 Å². The van der Waals surface area contributed by atoms with E-state index >= 15 is 0 Å². The molecule has 1 unspecified atom stereocenters. The Balaban J connectivity index is 2.83. The van der Waals surface area contributed by atoms with Crippen molar-refractivity contribution in [1.29, 1.82) is 0 Å². The van der Waals surface area contributed by atoms with Gasteiger partial charge in [-0.2, -0.15) is 0 Å². The van der Waals surface area contributed by atoms with Crippen LogP contribution in [0.25, 0.3) is 0 Å². The summed E-state index contributed by atoms with van der Waals surface area (Å²) in [5.74, 6) is 5.59. The quantitative estimate of drug-likeness (QED) is 0.654. The first kappa shape index (κ1) is 11.8. The SMILES string of the molecule is CC#CCC(O)c1ccc(I)c(Cl)c1. The molecule has 14 heavy (non-hydrogen) atoms. The van der Waals surface area contributed by atoms with Gasteiger partial charge in [0.15, 0.2) is 0 Å². The minimum absolute atomic E-state index is 0.452. The molecular formula is C11H10ClIO. The van der Waals surface area contributed by atoms with E-state index in [1.165, 1.54) is 0 Å². The van der Waals surface area contributed by atoms with Crippen LogP contribution in [0.4, 0.5) is 0 Å². The van der Waals surface area contributed by atoms with Gasteiger partial charge in [0.25, 0.3) is 0 Å². The molecule has 0 aliphatic carbocycles. The van der Waals surface area contributed by atoms with Crippen molar-refractivity contribution in [3.05, 3.63) is 32.4 Å². The van der Waals surface area contributed by atoms with E-state index < -0.39 is 6.10 Å². The van der Waals surface area contributed by atoms with Gasteiger partial charge < -0.3 is 5.11 Å². The molecule has 1 aromatic carbocycles. The Morgan fingerprint density at radius 3 is 2.86 bits per heavy atom. The highest BCUT2D eigenvalue weighted by molar-refractivity contribution is 14.1. The lowest BCUT2D eigenvalue weighted by atomic mass is 10.1. The van der Waals surface area contributed by atoms with Crippen molar-refractivity contribution in [3.63, 3.8) is 0 Å². The van der Waals surface area contributed by atoms with Gasteiger partial charge in [-0.3, -0.25) is 0 Å². The molecule has 1 nitrogen and oxygen atoms in total. The summed E-state index contributed by atoms with van der Waals surface area (Å²) in [7, 11) is 0. The Morgan fingerprint density at radius 2 is 2.29 bits per heavy atom. The van der Waals surface area contributed by atoms with Crippen LogP contribution in [0.5, 0.6) is 0 Å². The van der Waals surface area contributed by atoms with Gasteiger partial charge in [0.1, 0.15) is 0 Å². The van der Waals surface area contributed by atoms with Crippen LogP contribution in [0.2, 0.25) is 5.02 Å². The molecule has 0 saturated carbocycles. The van der Waals surface area contributed by atoms with Crippen molar-refractivity contribution in [3.8, 4) is 11.8 Å². The summed E-state index contributed by atoms with van der Waals surface area (Å²) in [6, 6.07) is 5.54. The highest BCUT2D eigenvalue weighted by atomic mass is 127. The van der Waals surface area contributed by atoms with Gasteiger partial charge in [-0.25, -0.2) is 0 Å². The molecule has 1 rings (SSSR count). The lowest BCUT2D eigenvalue weighted by Crippen LogP contribution is -1.96. The maximum absolute atomic E-state index is 9.70. The molecule has 0 saturated heterocycles. The van der Waals surface area contributed by atoms with Gasteiger partial charge in [-0.15, -0.1) is 11.8 Å². The average molecular weight is 321 g/mol. The Bertz CT molecular complexity index is 379. The van der Waals surface area contributed by atoms with Crippen LogP contribution in [0, 0.1) is 15.4 Å². The lowest BCUT2D eigenvalue weighted by molar-refractivity contribution is 0.184. The first-order chi connectivity index (χ1) is 6.65. The Kier molecular flexibility index (Phi) is 4.73. The monoisotopic (exact) mass is 320 g/mol. The minimum Gasteiger partial charge on any atom is -0.387 e. The predicted octanol–water partition coefficient (Wildman–Crippen LogP) is 3.39. The van der Waals surface area contributed by atoms with E-state index in [2.05, 4.69) is 34.4 Å². The molecule has 0 bridgehead atoms. The molecule has 0 radical (unpaired) electrons. The topological polar surface area (TPSA) is 20.2 Å². The van der Waals surface area contributed by atoms with E-state index in [0.717, 1.165) is 9.13 Å². The summed E-state index contributed by atoms with van der Waals surface area (Å²) in [6.45, 7) is 1.76. The van der Waals surface area contributed by atoms with Crippen LogP contribution in [0.3, 0.4) is 0 Å². The molecular weight excluding hydrogens is 310 g/mol. The summed E-state index contributed by atoms with van der Waals surface area (Å²) in [4.78, 5) is 0. The van der Waals surface area contributed by atoms with Crippen LogP contribution in [-0.4, -0.2) is 5.11 Å². The van der Waals surface area contributed by atoms with Crippen LogP contribution in [0.15, 0.2) is 18.2 Å². The fourth-order valence-corrected chi connectivity index (χ4v) is 1.56. The standard InChI is InChI=1S/C11H10ClIO/c1-2-3-4-11(14)8-5-6-10(13)9(12)7-8/h5-7,11,14H,4H2,1H3. The van der Waals surface area contributed by atoms with Crippen molar-refractivity contribution in [2.45, 2.75) is 19.4 Å². The molecule has 0 aliphatic rings. The number of halogens is 2. The summed E-state index contributed by atoms with van der Waals surface area (Å²) < 4.78 is 0.988. The zero-order valence-corrected chi connectivity index (χ0v) is 10.6. The fourth-order valence-electron chi connectivity index (χ4n) is 1.04. The van der Waals surface area contributed by atoms with Gasteiger partial charge in [-0.05, 0) is 47.2 Å². The maximum atomic E-state index is 9.70. The summed E-state index contributed by atoms with van der Waals surface area (Å²) >= 11 is 8.09. The molecule has 0 aliphatic heterocycles. The summed E-state index contributed by atoms with van der Waals surface area (Å²) in [6.07, 6.45) is -0.0927. The largest absolute Gasteiger partial charge is 0.387 e. The van der Waals surface area contributed by atoms with Crippen molar-refractivity contribution in [1.82, 2.24) is 0 Å². The lowest BCUT2D eigenvalue weighted by Gasteiger charge is -2.08. The van der Waals surface area contributed by atoms with E-state index in [1.807, 2.05) is 12.1 Å². The zero-order chi connectivity index (χ0) is 10.6. The smallest absolute Gasteiger partial charge is 0.0899 e. The molecule has 1 atom stereocenters. The molecule has 0 spiro atoms. The van der Waals surface area contributed by atoms with E-state index in [9.17, 15) is 5.11 Å². The van der Waals surface area contributed by atoms with Gasteiger partial charge in [0.05, 0.1) is 11.1 Å². The third-order valence-electron chi connectivity index (χ3n) is 1.80. The third kappa shape index (κ3) is 3.16. The average Bonchev–Trinajstić information content (AvgIpc) is 2.18. The fraction of sp³-hybridized carbons (Fsp3) is 0.273. The van der Waals surface area contributed by atoms with Crippen LogP contribution in [0.1, 0.15) is 25.0 Å². The highest BCUT2D eigenvalue weighted by Crippen LogP contribution is 2.24. The van der Waals surface area contributed by atoms with E-state index in [4.69, 9.17) is 11.6 Å². The van der Waals surface area contributed by atoms with Gasteiger partial charge in [0, 0.05) is 9.99 Å². The van der Waals surface area contributed by atoms with E-state index in [1.54, 1.807) is 13.0 Å². The molecule has 3 heteroatoms. The molecule has 0 amide bonds. The highest BCUT2D eigenvalue weighted by Gasteiger charge is 2.07. The van der Waals surface area contributed by atoms with Gasteiger partial charge in [0.2, 0.25) is 0 Å². The Hall–Kier alpha value is -0.240. The number of aliphatic hydroxyl groups excluding tert-OH is 1. The third-order valence-corrected chi connectivity index (χ3v) is 3.37. The Labute approximate surface area is 103 Å². The van der Waals surface area contributed by atoms with E-state index in [0.29, 0.717) is 11.4 Å². The van der Waals surface area contributed by atoms with E-state index in [-0.39, 0.29) is 0 Å². The Morgan fingerprint density at radius 1 is 1.57 bits per heavy atom. The first-order valence-corrected chi connectivity index (χ1v) is 5.63. The molecule has 0 fully saturated rings. The first-order valence-electron chi connectivity index (χ1n) is 4.17. The molecule has 74 valence electrons. The van der Waals surface area contributed by atoms with Crippen molar-refractivity contribution >= 4 is 34.2 Å². The summed E-state index contributed by atoms with van der Waals surface area (Å²) in [5, 5.41) is 10.4. The second-order valence-corrected chi connectivity index (χ2v) is 4.39. The zero-order valence-electron chi connectivity index (χ0n) is 7.72. The number of hydrogen-bond donors (Lipinski definition) is 1. The second kappa shape index (κ2) is 5.59. The number of benzene rings is 1. The van der Waals surface area contributed by atoms with Crippen LogP contribution < -0.4 is 0 Å². The number of rotatable bonds is 2. The normalized spacial score (nSPS) is 11.7. The molecule has 0 heterocycles. The van der Waals surface area contributed by atoms with Crippen molar-refractivity contribution < 1.29 is 5.11 Å².